The molecule has 1 aliphatic heterocycles. The minimum Gasteiger partial charge on any atom is -0.332 e. The highest BCUT2D eigenvalue weighted by Gasteiger charge is 2.33. The van der Waals surface area contributed by atoms with Crippen LogP contribution in [0.3, 0.4) is 0 Å². The van der Waals surface area contributed by atoms with Gasteiger partial charge in [-0.05, 0) is 26.4 Å². The van der Waals surface area contributed by atoms with E-state index in [4.69, 9.17) is 0 Å². The standard InChI is InChI=1S/C12H22N4O2S/c1-4-11-13-7-12(14-11)19(17,18)16-6-5-10(9-16)8-15(2)3/h7,10H,4-6,8-9H2,1-3H3,(H,13,14). The molecule has 19 heavy (non-hydrogen) atoms. The van der Waals surface area contributed by atoms with E-state index in [1.165, 1.54) is 6.20 Å². The lowest BCUT2D eigenvalue weighted by Crippen LogP contribution is -2.31. The summed E-state index contributed by atoms with van der Waals surface area (Å²) in [7, 11) is 0.627. The van der Waals surface area contributed by atoms with E-state index in [-0.39, 0.29) is 5.03 Å². The molecule has 1 aliphatic rings. The molecule has 0 saturated carbocycles. The topological polar surface area (TPSA) is 69.3 Å². The third-order valence-corrected chi connectivity index (χ3v) is 5.20. The summed E-state index contributed by atoms with van der Waals surface area (Å²) in [6, 6.07) is 0. The molecule has 108 valence electrons. The third-order valence-electron chi connectivity index (χ3n) is 3.43. The maximum Gasteiger partial charge on any atom is 0.260 e. The summed E-state index contributed by atoms with van der Waals surface area (Å²) in [5.41, 5.74) is 0. The van der Waals surface area contributed by atoms with Gasteiger partial charge in [-0.3, -0.25) is 0 Å². The molecule has 1 saturated heterocycles. The van der Waals surface area contributed by atoms with Crippen molar-refractivity contribution in [3.05, 3.63) is 12.0 Å². The number of hydrogen-bond donors (Lipinski definition) is 1. The predicted molar refractivity (Wildman–Crippen MR) is 73.4 cm³/mol. The quantitative estimate of drug-likeness (QED) is 0.858. The third kappa shape index (κ3) is 3.16. The molecule has 1 fully saturated rings. The fraction of sp³-hybridized carbons (Fsp3) is 0.750. The van der Waals surface area contributed by atoms with Crippen LogP contribution in [0.2, 0.25) is 0 Å². The van der Waals surface area contributed by atoms with E-state index < -0.39 is 10.0 Å². The van der Waals surface area contributed by atoms with Gasteiger partial charge in [0.2, 0.25) is 0 Å². The van der Waals surface area contributed by atoms with E-state index in [0.29, 0.717) is 31.3 Å². The first-order chi connectivity index (χ1) is 8.93. The summed E-state index contributed by atoms with van der Waals surface area (Å²) in [5, 5.41) is 0.217. The Bertz CT molecular complexity index is 524. The number of imidazole rings is 1. The maximum absolute atomic E-state index is 12.4. The average molecular weight is 286 g/mol. The van der Waals surface area contributed by atoms with Gasteiger partial charge in [-0.2, -0.15) is 4.31 Å². The molecule has 0 aromatic carbocycles. The van der Waals surface area contributed by atoms with Crippen molar-refractivity contribution < 1.29 is 8.42 Å². The van der Waals surface area contributed by atoms with E-state index in [1.54, 1.807) is 4.31 Å². The normalized spacial score (nSPS) is 21.4. The van der Waals surface area contributed by atoms with Crippen LogP contribution in [0.1, 0.15) is 19.2 Å². The van der Waals surface area contributed by atoms with Gasteiger partial charge in [-0.25, -0.2) is 13.4 Å². The van der Waals surface area contributed by atoms with E-state index >= 15 is 0 Å². The second-order valence-corrected chi connectivity index (χ2v) is 7.23. The van der Waals surface area contributed by atoms with Crippen LogP contribution in [0.15, 0.2) is 11.2 Å². The van der Waals surface area contributed by atoms with Gasteiger partial charge in [0.05, 0.1) is 6.20 Å². The van der Waals surface area contributed by atoms with Crippen molar-refractivity contribution in [2.45, 2.75) is 24.8 Å². The van der Waals surface area contributed by atoms with E-state index in [0.717, 1.165) is 13.0 Å². The smallest absolute Gasteiger partial charge is 0.260 e. The zero-order valence-electron chi connectivity index (χ0n) is 11.8. The first-order valence-corrected chi connectivity index (χ1v) is 8.06. The van der Waals surface area contributed by atoms with E-state index in [1.807, 2.05) is 21.0 Å². The van der Waals surface area contributed by atoms with Gasteiger partial charge in [0.1, 0.15) is 5.82 Å². The lowest BCUT2D eigenvalue weighted by molar-refractivity contribution is 0.329. The Labute approximate surface area is 114 Å². The molecule has 1 atom stereocenters. The Balaban J connectivity index is 2.09. The molecule has 0 aliphatic carbocycles. The monoisotopic (exact) mass is 286 g/mol. The molecule has 1 N–H and O–H groups in total. The number of nitrogens with one attached hydrogen (secondary N) is 1. The summed E-state index contributed by atoms with van der Waals surface area (Å²) in [4.78, 5) is 9.06. The summed E-state index contributed by atoms with van der Waals surface area (Å²) in [6.07, 6.45) is 3.05. The van der Waals surface area contributed by atoms with Crippen molar-refractivity contribution in [2.24, 2.45) is 5.92 Å². The molecule has 7 heteroatoms. The molecule has 0 radical (unpaired) electrons. The molecule has 0 spiro atoms. The van der Waals surface area contributed by atoms with Gasteiger partial charge in [0.15, 0.2) is 5.03 Å². The largest absolute Gasteiger partial charge is 0.332 e. The summed E-state index contributed by atoms with van der Waals surface area (Å²) in [6.45, 7) is 4.07. The minimum atomic E-state index is -3.40. The van der Waals surface area contributed by atoms with Crippen molar-refractivity contribution in [1.29, 1.82) is 0 Å². The molecule has 6 nitrogen and oxygen atoms in total. The highest BCUT2D eigenvalue weighted by molar-refractivity contribution is 7.89. The van der Waals surface area contributed by atoms with Gasteiger partial charge in [-0.15, -0.1) is 0 Å². The predicted octanol–water partition coefficient (Wildman–Crippen LogP) is 0.544. The Hall–Kier alpha value is -0.920. The number of sulfonamides is 1. The van der Waals surface area contributed by atoms with Gasteiger partial charge >= 0.3 is 0 Å². The van der Waals surface area contributed by atoms with Crippen molar-refractivity contribution >= 4 is 10.0 Å². The van der Waals surface area contributed by atoms with Crippen LogP contribution in [0, 0.1) is 5.92 Å². The molecular formula is C12H22N4O2S. The van der Waals surface area contributed by atoms with Gasteiger partial charge in [0, 0.05) is 26.1 Å². The molecule has 0 amide bonds. The van der Waals surface area contributed by atoms with E-state index in [2.05, 4.69) is 14.9 Å². The zero-order chi connectivity index (χ0) is 14.0. The lowest BCUT2D eigenvalue weighted by Gasteiger charge is -2.17. The number of nitrogens with zero attached hydrogens (tertiary/aromatic N) is 3. The van der Waals surface area contributed by atoms with Crippen LogP contribution in [-0.2, 0) is 16.4 Å². The first kappa shape index (κ1) is 14.5. The molecule has 1 aromatic rings. The first-order valence-electron chi connectivity index (χ1n) is 6.62. The second-order valence-electron chi connectivity index (χ2n) is 5.33. The summed E-state index contributed by atoms with van der Waals surface area (Å²) >= 11 is 0. The number of aromatic amines is 1. The number of rotatable bonds is 5. The van der Waals surface area contributed by atoms with Crippen molar-refractivity contribution in [1.82, 2.24) is 19.2 Å². The second kappa shape index (κ2) is 5.60. The van der Waals surface area contributed by atoms with Crippen molar-refractivity contribution in [3.8, 4) is 0 Å². The van der Waals surface area contributed by atoms with Crippen LogP contribution in [-0.4, -0.2) is 61.3 Å². The van der Waals surface area contributed by atoms with Gasteiger partial charge < -0.3 is 9.88 Å². The number of H-pyrrole nitrogens is 1. The Kier molecular flexibility index (Phi) is 4.27. The average Bonchev–Trinajstić information content (AvgIpc) is 2.96. The van der Waals surface area contributed by atoms with Crippen LogP contribution < -0.4 is 0 Å². The zero-order valence-corrected chi connectivity index (χ0v) is 12.6. The molecular weight excluding hydrogens is 264 g/mol. The highest BCUT2D eigenvalue weighted by atomic mass is 32.2. The Morgan fingerprint density at radius 3 is 2.84 bits per heavy atom. The number of aryl methyl sites for hydroxylation is 1. The van der Waals surface area contributed by atoms with Crippen LogP contribution >= 0.6 is 0 Å². The number of aromatic nitrogens is 2. The summed E-state index contributed by atoms with van der Waals surface area (Å²) < 4.78 is 26.4. The number of hydrogen-bond acceptors (Lipinski definition) is 4. The lowest BCUT2D eigenvalue weighted by atomic mass is 10.1. The van der Waals surface area contributed by atoms with Gasteiger partial charge in [0.25, 0.3) is 10.0 Å². The maximum atomic E-state index is 12.4. The van der Waals surface area contributed by atoms with Gasteiger partial charge in [-0.1, -0.05) is 6.92 Å². The molecule has 0 bridgehead atoms. The highest BCUT2D eigenvalue weighted by Crippen LogP contribution is 2.23. The fourth-order valence-electron chi connectivity index (χ4n) is 2.47. The molecule has 1 unspecified atom stereocenters. The van der Waals surface area contributed by atoms with Crippen LogP contribution in [0.4, 0.5) is 0 Å². The summed E-state index contributed by atoms with van der Waals surface area (Å²) in [5.74, 6) is 1.13. The van der Waals surface area contributed by atoms with Crippen LogP contribution in [0.25, 0.3) is 0 Å². The Morgan fingerprint density at radius 1 is 1.53 bits per heavy atom. The van der Waals surface area contributed by atoms with Crippen molar-refractivity contribution in [2.75, 3.05) is 33.7 Å². The Morgan fingerprint density at radius 2 is 2.26 bits per heavy atom. The van der Waals surface area contributed by atoms with E-state index in [9.17, 15) is 8.42 Å². The SMILES string of the molecule is CCc1ncc(S(=O)(=O)N2CCC(CN(C)C)C2)[nH]1. The van der Waals surface area contributed by atoms with Crippen molar-refractivity contribution in [3.63, 3.8) is 0 Å². The molecule has 1 aromatic heterocycles. The molecule has 2 heterocycles. The van der Waals surface area contributed by atoms with Crippen LogP contribution in [0.5, 0.6) is 0 Å². The molecule has 2 rings (SSSR count). The minimum absolute atomic E-state index is 0.217. The fourth-order valence-corrected chi connectivity index (χ4v) is 3.94.